The number of amides is 1. The molecular formula is C17H23N3O. The summed E-state index contributed by atoms with van der Waals surface area (Å²) in [5.41, 5.74) is 6.65. The van der Waals surface area contributed by atoms with Crippen molar-refractivity contribution < 1.29 is 4.79 Å². The first-order chi connectivity index (χ1) is 10.3. The van der Waals surface area contributed by atoms with Gasteiger partial charge < -0.3 is 11.1 Å². The number of pyridine rings is 1. The zero-order valence-corrected chi connectivity index (χ0v) is 12.4. The van der Waals surface area contributed by atoms with Crippen molar-refractivity contribution in [3.63, 3.8) is 0 Å². The first kappa shape index (κ1) is 15.5. The summed E-state index contributed by atoms with van der Waals surface area (Å²) >= 11 is 0. The van der Waals surface area contributed by atoms with Crippen LogP contribution in [0.3, 0.4) is 0 Å². The van der Waals surface area contributed by atoms with Gasteiger partial charge in [0.2, 0.25) is 0 Å². The quantitative estimate of drug-likeness (QED) is 0.819. The van der Waals surface area contributed by atoms with Gasteiger partial charge in [0.1, 0.15) is 0 Å². The summed E-state index contributed by atoms with van der Waals surface area (Å²) in [5, 5.41) is 3.13. The standard InChI is InChI=1S/C17H23N3O/c18-10-6-7-14-11-15(13-19-12-14)17(21)20-16-8-4-2-1-3-5-9-16/h11-13,16H,1-5,8-10,18H2,(H,20,21). The average molecular weight is 285 g/mol. The molecule has 21 heavy (non-hydrogen) atoms. The number of hydrogen-bond acceptors (Lipinski definition) is 3. The van der Waals surface area contributed by atoms with Gasteiger partial charge in [-0.1, -0.05) is 43.9 Å². The van der Waals surface area contributed by atoms with E-state index in [0.717, 1.165) is 18.4 Å². The molecule has 1 aromatic heterocycles. The van der Waals surface area contributed by atoms with Crippen molar-refractivity contribution in [3.05, 3.63) is 29.6 Å². The molecule has 1 aliphatic carbocycles. The van der Waals surface area contributed by atoms with Gasteiger partial charge in [0.25, 0.3) is 5.91 Å². The predicted molar refractivity (Wildman–Crippen MR) is 83.7 cm³/mol. The highest BCUT2D eigenvalue weighted by molar-refractivity contribution is 5.94. The van der Waals surface area contributed by atoms with Gasteiger partial charge >= 0.3 is 0 Å². The van der Waals surface area contributed by atoms with E-state index in [-0.39, 0.29) is 11.9 Å². The Morgan fingerprint density at radius 1 is 1.24 bits per heavy atom. The number of carbonyl (C=O) groups is 1. The maximum atomic E-state index is 12.3. The van der Waals surface area contributed by atoms with Gasteiger partial charge in [0.05, 0.1) is 12.1 Å². The highest BCUT2D eigenvalue weighted by atomic mass is 16.1. The second kappa shape index (κ2) is 8.43. The van der Waals surface area contributed by atoms with Crippen LogP contribution in [0.25, 0.3) is 0 Å². The molecule has 4 nitrogen and oxygen atoms in total. The van der Waals surface area contributed by atoms with Crippen molar-refractivity contribution >= 4 is 5.91 Å². The molecule has 0 radical (unpaired) electrons. The van der Waals surface area contributed by atoms with E-state index >= 15 is 0 Å². The van der Waals surface area contributed by atoms with E-state index in [4.69, 9.17) is 5.73 Å². The molecular weight excluding hydrogens is 262 g/mol. The second-order valence-corrected chi connectivity index (χ2v) is 5.48. The Hall–Kier alpha value is -1.86. The fourth-order valence-electron chi connectivity index (χ4n) is 2.65. The third-order valence-corrected chi connectivity index (χ3v) is 3.78. The normalized spacial score (nSPS) is 16.2. The first-order valence-corrected chi connectivity index (χ1v) is 7.74. The predicted octanol–water partition coefficient (Wildman–Crippen LogP) is 2.23. The molecule has 0 bridgehead atoms. The van der Waals surface area contributed by atoms with Gasteiger partial charge in [-0.15, -0.1) is 0 Å². The van der Waals surface area contributed by atoms with E-state index in [1.54, 1.807) is 18.5 Å². The molecule has 0 unspecified atom stereocenters. The van der Waals surface area contributed by atoms with Crippen LogP contribution in [-0.2, 0) is 0 Å². The molecule has 1 saturated carbocycles. The fourth-order valence-corrected chi connectivity index (χ4v) is 2.65. The Bertz CT molecular complexity index is 522. The summed E-state index contributed by atoms with van der Waals surface area (Å²) in [7, 11) is 0. The number of rotatable bonds is 2. The molecule has 112 valence electrons. The lowest BCUT2D eigenvalue weighted by molar-refractivity contribution is 0.0930. The van der Waals surface area contributed by atoms with Gasteiger partial charge in [0, 0.05) is 24.0 Å². The molecule has 1 aromatic rings. The van der Waals surface area contributed by atoms with Crippen molar-refractivity contribution in [2.24, 2.45) is 5.73 Å². The smallest absolute Gasteiger partial charge is 0.253 e. The van der Waals surface area contributed by atoms with E-state index in [0.29, 0.717) is 12.1 Å². The summed E-state index contributed by atoms with van der Waals surface area (Å²) in [6.07, 6.45) is 11.7. The summed E-state index contributed by atoms with van der Waals surface area (Å²) in [5.74, 6) is 5.63. The van der Waals surface area contributed by atoms with E-state index in [9.17, 15) is 4.79 Å². The molecule has 0 aliphatic heterocycles. The fraction of sp³-hybridized carbons (Fsp3) is 0.529. The van der Waals surface area contributed by atoms with Crippen LogP contribution in [0.4, 0.5) is 0 Å². The van der Waals surface area contributed by atoms with Crippen LogP contribution >= 0.6 is 0 Å². The Morgan fingerprint density at radius 2 is 1.95 bits per heavy atom. The van der Waals surface area contributed by atoms with Gasteiger partial charge in [0.15, 0.2) is 0 Å². The molecule has 1 heterocycles. The van der Waals surface area contributed by atoms with Gasteiger partial charge in [-0.2, -0.15) is 0 Å². The second-order valence-electron chi connectivity index (χ2n) is 5.48. The minimum absolute atomic E-state index is 0.0514. The van der Waals surface area contributed by atoms with Crippen LogP contribution in [-0.4, -0.2) is 23.5 Å². The molecule has 4 heteroatoms. The van der Waals surface area contributed by atoms with Crippen LogP contribution in [0, 0.1) is 11.8 Å². The van der Waals surface area contributed by atoms with Crippen LogP contribution in [0.2, 0.25) is 0 Å². The van der Waals surface area contributed by atoms with Gasteiger partial charge in [-0.3, -0.25) is 9.78 Å². The van der Waals surface area contributed by atoms with Crippen molar-refractivity contribution in [1.29, 1.82) is 0 Å². The lowest BCUT2D eigenvalue weighted by Gasteiger charge is -2.21. The zero-order chi connectivity index (χ0) is 14.9. The Kier molecular flexibility index (Phi) is 6.23. The third kappa shape index (κ3) is 5.20. The summed E-state index contributed by atoms with van der Waals surface area (Å²) in [6.45, 7) is 0.304. The maximum Gasteiger partial charge on any atom is 0.253 e. The molecule has 0 saturated heterocycles. The average Bonchev–Trinajstić information content (AvgIpc) is 2.48. The van der Waals surface area contributed by atoms with E-state index < -0.39 is 0 Å². The van der Waals surface area contributed by atoms with Crippen molar-refractivity contribution in [2.75, 3.05) is 6.54 Å². The van der Waals surface area contributed by atoms with E-state index in [1.807, 2.05) is 0 Å². The number of nitrogens with zero attached hydrogens (tertiary/aromatic N) is 1. The monoisotopic (exact) mass is 285 g/mol. The Labute approximate surface area is 126 Å². The van der Waals surface area contributed by atoms with E-state index in [1.165, 1.54) is 32.1 Å². The molecule has 0 aromatic carbocycles. The number of hydrogen-bond donors (Lipinski definition) is 2. The van der Waals surface area contributed by atoms with Crippen LogP contribution in [0.15, 0.2) is 18.5 Å². The van der Waals surface area contributed by atoms with E-state index in [2.05, 4.69) is 22.1 Å². The first-order valence-electron chi connectivity index (χ1n) is 7.74. The van der Waals surface area contributed by atoms with Crippen molar-refractivity contribution in [2.45, 2.75) is 51.0 Å². The number of aromatic nitrogens is 1. The highest BCUT2D eigenvalue weighted by Crippen LogP contribution is 2.17. The van der Waals surface area contributed by atoms with Crippen molar-refractivity contribution in [3.8, 4) is 11.8 Å². The lowest BCUT2D eigenvalue weighted by Crippen LogP contribution is -2.35. The van der Waals surface area contributed by atoms with Gasteiger partial charge in [-0.25, -0.2) is 0 Å². The molecule has 1 amide bonds. The molecule has 1 fully saturated rings. The summed E-state index contributed by atoms with van der Waals surface area (Å²) in [4.78, 5) is 16.4. The molecule has 2 rings (SSSR count). The molecule has 0 atom stereocenters. The van der Waals surface area contributed by atoms with Crippen LogP contribution in [0.5, 0.6) is 0 Å². The molecule has 0 spiro atoms. The number of nitrogens with one attached hydrogen (secondary N) is 1. The number of carbonyl (C=O) groups excluding carboxylic acids is 1. The lowest BCUT2D eigenvalue weighted by atomic mass is 9.96. The molecule has 1 aliphatic rings. The Balaban J connectivity index is 1.98. The third-order valence-electron chi connectivity index (χ3n) is 3.78. The topological polar surface area (TPSA) is 68.0 Å². The van der Waals surface area contributed by atoms with Crippen LogP contribution in [0.1, 0.15) is 60.9 Å². The summed E-state index contributed by atoms with van der Waals surface area (Å²) in [6, 6.07) is 2.06. The van der Waals surface area contributed by atoms with Gasteiger partial charge in [-0.05, 0) is 18.9 Å². The minimum Gasteiger partial charge on any atom is -0.349 e. The Morgan fingerprint density at radius 3 is 2.67 bits per heavy atom. The minimum atomic E-state index is -0.0514. The summed E-state index contributed by atoms with van der Waals surface area (Å²) < 4.78 is 0. The zero-order valence-electron chi connectivity index (χ0n) is 12.4. The number of nitrogens with two attached hydrogens (primary N) is 1. The highest BCUT2D eigenvalue weighted by Gasteiger charge is 2.15. The largest absolute Gasteiger partial charge is 0.349 e. The molecule has 3 N–H and O–H groups in total. The maximum absolute atomic E-state index is 12.3. The van der Waals surface area contributed by atoms with Crippen LogP contribution < -0.4 is 11.1 Å². The SMILES string of the molecule is NCC#Cc1cncc(C(=O)NC2CCCCCCC2)c1. The van der Waals surface area contributed by atoms with Crippen molar-refractivity contribution in [1.82, 2.24) is 10.3 Å².